The van der Waals surface area contributed by atoms with E-state index < -0.39 is 11.9 Å². The van der Waals surface area contributed by atoms with Gasteiger partial charge in [0.15, 0.2) is 0 Å². The summed E-state index contributed by atoms with van der Waals surface area (Å²) < 4.78 is 5.07. The molecule has 1 aliphatic rings. The Morgan fingerprint density at radius 1 is 1.15 bits per heavy atom. The molecule has 0 radical (unpaired) electrons. The van der Waals surface area contributed by atoms with Crippen molar-refractivity contribution < 1.29 is 19.1 Å². The number of nitrogens with one attached hydrogen (secondary N) is 2. The lowest BCUT2D eigenvalue weighted by Crippen LogP contribution is -2.48. The van der Waals surface area contributed by atoms with Gasteiger partial charge < -0.3 is 4.74 Å². The number of amides is 3. The van der Waals surface area contributed by atoms with Gasteiger partial charge in [-0.3, -0.25) is 19.8 Å². The largest absolute Gasteiger partial charge is 0.497 e. The van der Waals surface area contributed by atoms with Crippen LogP contribution in [0.4, 0.5) is 5.69 Å². The fourth-order valence-corrected chi connectivity index (χ4v) is 2.87. The number of anilines is 1. The minimum absolute atomic E-state index is 0.0374. The summed E-state index contributed by atoms with van der Waals surface area (Å²) in [5.74, 6) is -0.378. The normalized spacial score (nSPS) is 16.5. The number of benzene rings is 2. The van der Waals surface area contributed by atoms with Crippen LogP contribution >= 0.6 is 11.6 Å². The molecule has 3 amide bonds. The first kappa shape index (κ1) is 18.9. The molecule has 1 aliphatic heterocycles. The van der Waals surface area contributed by atoms with Gasteiger partial charge in [0.1, 0.15) is 11.8 Å². The van der Waals surface area contributed by atoms with Crippen molar-refractivity contribution >= 4 is 35.0 Å². The van der Waals surface area contributed by atoms with E-state index in [4.69, 9.17) is 16.3 Å². The second-order valence-electron chi connectivity index (χ2n) is 6.02. The molecule has 0 saturated carbocycles. The van der Waals surface area contributed by atoms with Gasteiger partial charge in [-0.1, -0.05) is 23.7 Å². The number of hydrogen-bond donors (Lipinski definition) is 2. The highest BCUT2D eigenvalue weighted by molar-refractivity contribution is 6.30. The van der Waals surface area contributed by atoms with Crippen LogP contribution < -0.4 is 20.5 Å². The second kappa shape index (κ2) is 8.20. The first-order valence-electron chi connectivity index (χ1n) is 8.27. The lowest BCUT2D eigenvalue weighted by molar-refractivity contribution is -0.122. The Morgan fingerprint density at radius 3 is 2.44 bits per heavy atom. The van der Waals surface area contributed by atoms with Crippen molar-refractivity contribution in [3.05, 3.63) is 59.1 Å². The van der Waals surface area contributed by atoms with E-state index in [1.807, 2.05) is 0 Å². The molecule has 0 spiro atoms. The van der Waals surface area contributed by atoms with Crippen LogP contribution in [0.2, 0.25) is 5.02 Å². The van der Waals surface area contributed by atoms with Crippen molar-refractivity contribution in [3.63, 3.8) is 0 Å². The molecule has 1 fully saturated rings. The van der Waals surface area contributed by atoms with E-state index in [0.717, 1.165) is 10.5 Å². The number of imide groups is 1. The van der Waals surface area contributed by atoms with E-state index in [-0.39, 0.29) is 24.7 Å². The number of carbonyl (C=O) groups excluding carboxylic acids is 3. The predicted molar refractivity (Wildman–Crippen MR) is 100 cm³/mol. The van der Waals surface area contributed by atoms with Crippen LogP contribution in [0.15, 0.2) is 48.5 Å². The maximum Gasteiger partial charge on any atom is 0.253 e. The maximum absolute atomic E-state index is 12.5. The zero-order valence-corrected chi connectivity index (χ0v) is 15.3. The molecule has 7 nitrogen and oxygen atoms in total. The van der Waals surface area contributed by atoms with Crippen molar-refractivity contribution in [2.24, 2.45) is 0 Å². The Bertz CT molecular complexity index is 852. The van der Waals surface area contributed by atoms with Crippen molar-refractivity contribution in [1.82, 2.24) is 10.9 Å². The molecular formula is C19H18ClN3O4. The van der Waals surface area contributed by atoms with Gasteiger partial charge in [-0.2, -0.15) is 0 Å². The van der Waals surface area contributed by atoms with Crippen molar-refractivity contribution in [2.75, 3.05) is 12.0 Å². The molecule has 1 heterocycles. The standard InChI is InChI=1S/C19H18ClN3O4/c1-27-15-8-2-12(3-9-15)10-17(24)22-21-16-11-18(25)23(19(16)26)14-6-4-13(20)5-7-14/h2-9,16,21H,10-11H2,1H3,(H,22,24). The van der Waals surface area contributed by atoms with Crippen molar-refractivity contribution in [3.8, 4) is 5.75 Å². The van der Waals surface area contributed by atoms with Crippen LogP contribution in [0, 0.1) is 0 Å². The van der Waals surface area contributed by atoms with E-state index in [9.17, 15) is 14.4 Å². The predicted octanol–water partition coefficient (Wildman–Crippen LogP) is 1.84. The second-order valence-corrected chi connectivity index (χ2v) is 6.45. The van der Waals surface area contributed by atoms with Gasteiger partial charge >= 0.3 is 0 Å². The summed E-state index contributed by atoms with van der Waals surface area (Å²) >= 11 is 5.83. The van der Waals surface area contributed by atoms with Gasteiger partial charge in [0.25, 0.3) is 5.91 Å². The van der Waals surface area contributed by atoms with Crippen LogP contribution in [-0.2, 0) is 20.8 Å². The third kappa shape index (κ3) is 4.45. The minimum atomic E-state index is -0.812. The number of methoxy groups -OCH3 is 1. The van der Waals surface area contributed by atoms with E-state index >= 15 is 0 Å². The molecular weight excluding hydrogens is 370 g/mol. The monoisotopic (exact) mass is 387 g/mol. The van der Waals surface area contributed by atoms with Crippen LogP contribution in [0.1, 0.15) is 12.0 Å². The summed E-state index contributed by atoms with van der Waals surface area (Å²) in [6.45, 7) is 0. The maximum atomic E-state index is 12.5. The molecule has 27 heavy (non-hydrogen) atoms. The molecule has 1 saturated heterocycles. The third-order valence-corrected chi connectivity index (χ3v) is 4.39. The van der Waals surface area contributed by atoms with E-state index in [0.29, 0.717) is 16.5 Å². The number of halogens is 1. The Kier molecular flexibility index (Phi) is 5.73. The molecule has 3 rings (SSSR count). The van der Waals surface area contributed by atoms with Crippen molar-refractivity contribution in [2.45, 2.75) is 18.9 Å². The van der Waals surface area contributed by atoms with Gasteiger partial charge in [-0.25, -0.2) is 10.3 Å². The summed E-state index contributed by atoms with van der Waals surface area (Å²) in [5, 5.41) is 0.512. The molecule has 140 valence electrons. The Balaban J connectivity index is 1.56. The first-order valence-corrected chi connectivity index (χ1v) is 8.65. The number of nitrogens with zero attached hydrogens (tertiary/aromatic N) is 1. The minimum Gasteiger partial charge on any atom is -0.497 e. The first-order chi connectivity index (χ1) is 13.0. The molecule has 2 aromatic rings. The molecule has 8 heteroatoms. The Labute approximate surface area is 161 Å². The summed E-state index contributed by atoms with van der Waals surface area (Å²) in [6.07, 6.45) is 0.0943. The lowest BCUT2D eigenvalue weighted by Gasteiger charge is -2.16. The molecule has 1 atom stereocenters. The fraction of sp³-hybridized carbons (Fsp3) is 0.211. The van der Waals surface area contributed by atoms with Crippen LogP contribution in [0.3, 0.4) is 0 Å². The quantitative estimate of drug-likeness (QED) is 0.583. The average Bonchev–Trinajstić information content (AvgIpc) is 2.95. The Hall–Kier alpha value is -2.90. The number of hydrazine groups is 1. The summed E-state index contributed by atoms with van der Waals surface area (Å²) in [6, 6.07) is 12.7. The molecule has 2 aromatic carbocycles. The zero-order valence-electron chi connectivity index (χ0n) is 14.6. The van der Waals surface area contributed by atoms with Gasteiger partial charge in [0, 0.05) is 5.02 Å². The van der Waals surface area contributed by atoms with Gasteiger partial charge in [0.2, 0.25) is 11.8 Å². The smallest absolute Gasteiger partial charge is 0.253 e. The molecule has 2 N–H and O–H groups in total. The number of rotatable bonds is 6. The van der Waals surface area contributed by atoms with Crippen LogP contribution in [-0.4, -0.2) is 30.9 Å². The summed E-state index contributed by atoms with van der Waals surface area (Å²) in [7, 11) is 1.57. The third-order valence-electron chi connectivity index (χ3n) is 4.14. The van der Waals surface area contributed by atoms with Gasteiger partial charge in [-0.15, -0.1) is 0 Å². The highest BCUT2D eigenvalue weighted by atomic mass is 35.5. The topological polar surface area (TPSA) is 87.7 Å². The number of ether oxygens (including phenoxy) is 1. The lowest BCUT2D eigenvalue weighted by atomic mass is 10.1. The van der Waals surface area contributed by atoms with Crippen LogP contribution in [0.5, 0.6) is 5.75 Å². The summed E-state index contributed by atoms with van der Waals surface area (Å²) in [5.41, 5.74) is 6.39. The molecule has 0 aromatic heterocycles. The van der Waals surface area contributed by atoms with E-state index in [2.05, 4.69) is 10.9 Å². The number of carbonyl (C=O) groups is 3. The zero-order chi connectivity index (χ0) is 19.4. The van der Waals surface area contributed by atoms with Crippen molar-refractivity contribution in [1.29, 1.82) is 0 Å². The molecule has 1 unspecified atom stereocenters. The highest BCUT2D eigenvalue weighted by Gasteiger charge is 2.39. The van der Waals surface area contributed by atoms with Crippen LogP contribution in [0.25, 0.3) is 0 Å². The molecule has 0 bridgehead atoms. The molecule has 0 aliphatic carbocycles. The Morgan fingerprint density at radius 2 is 1.81 bits per heavy atom. The van der Waals surface area contributed by atoms with Gasteiger partial charge in [-0.05, 0) is 42.0 Å². The van der Waals surface area contributed by atoms with E-state index in [1.165, 1.54) is 0 Å². The summed E-state index contributed by atoms with van der Waals surface area (Å²) in [4.78, 5) is 37.8. The van der Waals surface area contributed by atoms with Gasteiger partial charge in [0.05, 0.1) is 25.6 Å². The average molecular weight is 388 g/mol. The number of hydrogen-bond acceptors (Lipinski definition) is 5. The van der Waals surface area contributed by atoms with E-state index in [1.54, 1.807) is 55.6 Å². The SMILES string of the molecule is COc1ccc(CC(=O)NNC2CC(=O)N(c3ccc(Cl)cc3)C2=O)cc1. The highest BCUT2D eigenvalue weighted by Crippen LogP contribution is 2.24. The fourth-order valence-electron chi connectivity index (χ4n) is 2.75.